The monoisotopic (exact) mass is 290 g/mol. The van der Waals surface area contributed by atoms with E-state index < -0.39 is 5.82 Å². The van der Waals surface area contributed by atoms with Gasteiger partial charge in [-0.05, 0) is 67.8 Å². The Hall–Kier alpha value is -1.81. The summed E-state index contributed by atoms with van der Waals surface area (Å²) in [6.07, 6.45) is 3.08. The van der Waals surface area contributed by atoms with Crippen LogP contribution >= 0.6 is 0 Å². The number of halogens is 2. The van der Waals surface area contributed by atoms with E-state index in [2.05, 4.69) is 17.2 Å². The SMILES string of the molecule is CCCNC(Cc1cc(F)ccc1F)c1cc(C)ccn1. The molecule has 2 rings (SSSR count). The molecule has 0 spiro atoms. The minimum absolute atomic E-state index is 0.124. The molecule has 1 N–H and O–H groups in total. The van der Waals surface area contributed by atoms with Crippen molar-refractivity contribution in [3.8, 4) is 0 Å². The van der Waals surface area contributed by atoms with Crippen molar-refractivity contribution in [1.29, 1.82) is 0 Å². The Morgan fingerprint density at radius 1 is 1.19 bits per heavy atom. The first kappa shape index (κ1) is 15.6. The van der Waals surface area contributed by atoms with Gasteiger partial charge in [-0.1, -0.05) is 6.92 Å². The molecule has 1 aromatic carbocycles. The highest BCUT2D eigenvalue weighted by Gasteiger charge is 2.16. The quantitative estimate of drug-likeness (QED) is 0.871. The molecule has 1 atom stereocenters. The fraction of sp³-hybridized carbons (Fsp3) is 0.353. The minimum Gasteiger partial charge on any atom is -0.308 e. The maximum absolute atomic E-state index is 13.8. The Balaban J connectivity index is 2.25. The lowest BCUT2D eigenvalue weighted by Gasteiger charge is -2.19. The normalized spacial score (nSPS) is 12.4. The maximum atomic E-state index is 13.8. The van der Waals surface area contributed by atoms with Gasteiger partial charge in [-0.25, -0.2) is 8.78 Å². The third-order valence-electron chi connectivity index (χ3n) is 3.37. The topological polar surface area (TPSA) is 24.9 Å². The molecule has 21 heavy (non-hydrogen) atoms. The standard InChI is InChI=1S/C17H20F2N2/c1-3-7-20-17(16-9-12(2)6-8-21-16)11-13-10-14(18)4-5-15(13)19/h4-6,8-10,17,20H,3,7,11H2,1-2H3. The van der Waals surface area contributed by atoms with Crippen molar-refractivity contribution in [1.82, 2.24) is 10.3 Å². The molecule has 1 unspecified atom stereocenters. The Morgan fingerprint density at radius 2 is 2.00 bits per heavy atom. The highest BCUT2D eigenvalue weighted by Crippen LogP contribution is 2.20. The molecule has 0 fully saturated rings. The van der Waals surface area contributed by atoms with Crippen molar-refractivity contribution in [3.63, 3.8) is 0 Å². The summed E-state index contributed by atoms with van der Waals surface area (Å²) < 4.78 is 27.1. The van der Waals surface area contributed by atoms with Gasteiger partial charge < -0.3 is 5.32 Å². The molecule has 112 valence electrons. The Bertz CT molecular complexity index is 599. The number of benzene rings is 1. The van der Waals surface area contributed by atoms with Crippen molar-refractivity contribution >= 4 is 0 Å². The first-order valence-corrected chi connectivity index (χ1v) is 7.20. The van der Waals surface area contributed by atoms with E-state index in [1.54, 1.807) is 6.20 Å². The summed E-state index contributed by atoms with van der Waals surface area (Å²) in [5.74, 6) is -0.801. The second-order valence-electron chi connectivity index (χ2n) is 5.20. The molecular weight excluding hydrogens is 270 g/mol. The number of nitrogens with zero attached hydrogens (tertiary/aromatic N) is 1. The van der Waals surface area contributed by atoms with Gasteiger partial charge in [0.2, 0.25) is 0 Å². The van der Waals surface area contributed by atoms with Crippen molar-refractivity contribution in [3.05, 3.63) is 65.0 Å². The van der Waals surface area contributed by atoms with Crippen LogP contribution in [0.4, 0.5) is 8.78 Å². The molecule has 1 heterocycles. The minimum atomic E-state index is -0.419. The zero-order valence-corrected chi connectivity index (χ0v) is 12.4. The largest absolute Gasteiger partial charge is 0.308 e. The average Bonchev–Trinajstić information content (AvgIpc) is 2.47. The summed E-state index contributed by atoms with van der Waals surface area (Å²) in [5, 5.41) is 3.36. The van der Waals surface area contributed by atoms with E-state index >= 15 is 0 Å². The summed E-state index contributed by atoms with van der Waals surface area (Å²) in [4.78, 5) is 4.36. The van der Waals surface area contributed by atoms with Gasteiger partial charge in [0.15, 0.2) is 0 Å². The van der Waals surface area contributed by atoms with Crippen LogP contribution in [0.3, 0.4) is 0 Å². The van der Waals surface area contributed by atoms with Gasteiger partial charge in [0, 0.05) is 6.20 Å². The van der Waals surface area contributed by atoms with Crippen LogP contribution in [-0.2, 0) is 6.42 Å². The van der Waals surface area contributed by atoms with Crippen LogP contribution in [0.2, 0.25) is 0 Å². The van der Waals surface area contributed by atoms with Gasteiger partial charge in [0.1, 0.15) is 11.6 Å². The first-order chi connectivity index (χ1) is 10.1. The zero-order chi connectivity index (χ0) is 15.2. The van der Waals surface area contributed by atoms with Crippen molar-refractivity contribution in [2.24, 2.45) is 0 Å². The van der Waals surface area contributed by atoms with Crippen molar-refractivity contribution in [2.45, 2.75) is 32.7 Å². The fourth-order valence-electron chi connectivity index (χ4n) is 2.27. The molecule has 0 bridgehead atoms. The van der Waals surface area contributed by atoms with Gasteiger partial charge in [-0.15, -0.1) is 0 Å². The van der Waals surface area contributed by atoms with E-state index in [9.17, 15) is 8.78 Å². The van der Waals surface area contributed by atoms with Gasteiger partial charge >= 0.3 is 0 Å². The number of hydrogen-bond donors (Lipinski definition) is 1. The summed E-state index contributed by atoms with van der Waals surface area (Å²) in [6, 6.07) is 7.34. The second kappa shape index (κ2) is 7.27. The van der Waals surface area contributed by atoms with Crippen LogP contribution < -0.4 is 5.32 Å². The van der Waals surface area contributed by atoms with E-state index in [0.717, 1.165) is 30.3 Å². The van der Waals surface area contributed by atoms with Gasteiger partial charge in [0.25, 0.3) is 0 Å². The summed E-state index contributed by atoms with van der Waals surface area (Å²) >= 11 is 0. The van der Waals surface area contributed by atoms with E-state index in [1.165, 1.54) is 12.1 Å². The van der Waals surface area contributed by atoms with Crippen LogP contribution in [0.25, 0.3) is 0 Å². The second-order valence-corrected chi connectivity index (χ2v) is 5.20. The summed E-state index contributed by atoms with van der Waals surface area (Å²) in [7, 11) is 0. The Labute approximate surface area is 124 Å². The molecule has 0 saturated carbocycles. The number of aromatic nitrogens is 1. The number of pyridine rings is 1. The predicted octanol–water partition coefficient (Wildman–Crippen LogP) is 3.95. The van der Waals surface area contributed by atoms with E-state index in [4.69, 9.17) is 0 Å². The molecule has 1 aromatic heterocycles. The third-order valence-corrected chi connectivity index (χ3v) is 3.37. The smallest absolute Gasteiger partial charge is 0.126 e. The molecule has 0 saturated heterocycles. The average molecular weight is 290 g/mol. The predicted molar refractivity (Wildman–Crippen MR) is 80.1 cm³/mol. The zero-order valence-electron chi connectivity index (χ0n) is 12.4. The van der Waals surface area contributed by atoms with E-state index in [0.29, 0.717) is 12.0 Å². The molecule has 2 nitrogen and oxygen atoms in total. The number of rotatable bonds is 6. The van der Waals surface area contributed by atoms with Crippen molar-refractivity contribution in [2.75, 3.05) is 6.54 Å². The molecule has 0 amide bonds. The van der Waals surface area contributed by atoms with E-state index in [1.807, 2.05) is 19.1 Å². The van der Waals surface area contributed by atoms with Gasteiger partial charge in [-0.3, -0.25) is 4.98 Å². The molecule has 4 heteroatoms. The molecular formula is C17H20F2N2. The molecule has 0 aliphatic carbocycles. The summed E-state index contributed by atoms with van der Waals surface area (Å²) in [5.41, 5.74) is 2.32. The lowest BCUT2D eigenvalue weighted by Crippen LogP contribution is -2.25. The first-order valence-electron chi connectivity index (χ1n) is 7.20. The summed E-state index contributed by atoms with van der Waals surface area (Å²) in [6.45, 7) is 4.86. The van der Waals surface area contributed by atoms with Crippen LogP contribution in [-0.4, -0.2) is 11.5 Å². The van der Waals surface area contributed by atoms with Crippen LogP contribution in [0.1, 0.15) is 36.2 Å². The maximum Gasteiger partial charge on any atom is 0.126 e. The van der Waals surface area contributed by atoms with Gasteiger partial charge in [0.05, 0.1) is 11.7 Å². The molecule has 0 aliphatic heterocycles. The van der Waals surface area contributed by atoms with Gasteiger partial charge in [-0.2, -0.15) is 0 Å². The number of nitrogens with one attached hydrogen (secondary N) is 1. The van der Waals surface area contributed by atoms with Crippen molar-refractivity contribution < 1.29 is 8.78 Å². The molecule has 0 radical (unpaired) electrons. The van der Waals surface area contributed by atoms with Crippen LogP contribution in [0, 0.1) is 18.6 Å². The lowest BCUT2D eigenvalue weighted by molar-refractivity contribution is 0.499. The van der Waals surface area contributed by atoms with E-state index in [-0.39, 0.29) is 11.9 Å². The van der Waals surface area contributed by atoms with Crippen LogP contribution in [0.15, 0.2) is 36.5 Å². The highest BCUT2D eigenvalue weighted by molar-refractivity contribution is 5.24. The molecule has 0 aliphatic rings. The Kier molecular flexibility index (Phi) is 5.39. The molecule has 2 aromatic rings. The third kappa shape index (κ3) is 4.33. The van der Waals surface area contributed by atoms with Crippen LogP contribution in [0.5, 0.6) is 0 Å². The lowest BCUT2D eigenvalue weighted by atomic mass is 10.0. The number of aryl methyl sites for hydroxylation is 1. The Morgan fingerprint density at radius 3 is 2.71 bits per heavy atom. The fourth-order valence-corrected chi connectivity index (χ4v) is 2.27. The highest BCUT2D eigenvalue weighted by atomic mass is 19.1. The number of hydrogen-bond acceptors (Lipinski definition) is 2.